The monoisotopic (exact) mass is 1130 g/mol. The number of hydrogen-bond donors (Lipinski definition) is 2. The van der Waals surface area contributed by atoms with Crippen LogP contribution in [0.15, 0.2) is 122 Å². The highest BCUT2D eigenvalue weighted by atomic mass is 31.2. The molecule has 0 radical (unpaired) electrons. The highest BCUT2D eigenvalue weighted by Crippen LogP contribution is 2.43. The van der Waals surface area contributed by atoms with E-state index in [-0.39, 0.29) is 32.6 Å². The summed E-state index contributed by atoms with van der Waals surface area (Å²) < 4.78 is 33.1. The molecule has 0 aromatic rings. The van der Waals surface area contributed by atoms with Gasteiger partial charge in [-0.25, -0.2) is 4.57 Å². The summed E-state index contributed by atoms with van der Waals surface area (Å²) in [6.45, 7) is 3.60. The first-order chi connectivity index (χ1) is 39.3. The Balaban J connectivity index is 4.05. The van der Waals surface area contributed by atoms with Gasteiger partial charge in [-0.2, -0.15) is 0 Å². The smallest absolute Gasteiger partial charge is 0.462 e. The summed E-state index contributed by atoms with van der Waals surface area (Å²) in [5.74, 6) is -0.877. The minimum Gasteiger partial charge on any atom is -0.462 e. The summed E-state index contributed by atoms with van der Waals surface area (Å²) >= 11 is 0. The number of hydrogen-bond acceptors (Lipinski definition) is 8. The van der Waals surface area contributed by atoms with Gasteiger partial charge in [-0.15, -0.1) is 0 Å². The van der Waals surface area contributed by atoms with Crippen LogP contribution >= 0.6 is 7.82 Å². The number of phosphoric ester groups is 1. The molecule has 80 heavy (non-hydrogen) atoms. The molecule has 0 spiro atoms. The number of carbonyl (C=O) groups is 2. The van der Waals surface area contributed by atoms with E-state index in [0.717, 1.165) is 96.3 Å². The van der Waals surface area contributed by atoms with E-state index in [4.69, 9.17) is 24.3 Å². The van der Waals surface area contributed by atoms with Crippen LogP contribution in [0.5, 0.6) is 0 Å². The van der Waals surface area contributed by atoms with Crippen molar-refractivity contribution in [3.63, 3.8) is 0 Å². The van der Waals surface area contributed by atoms with Crippen LogP contribution in [0.2, 0.25) is 0 Å². The normalized spacial score (nSPS) is 13.8. The van der Waals surface area contributed by atoms with Gasteiger partial charge in [-0.3, -0.25) is 18.6 Å². The number of allylic oxidation sites excluding steroid dienone is 20. The highest BCUT2D eigenvalue weighted by Gasteiger charge is 2.26. The Labute approximate surface area is 491 Å². The van der Waals surface area contributed by atoms with Gasteiger partial charge in [0.25, 0.3) is 0 Å². The van der Waals surface area contributed by atoms with Gasteiger partial charge >= 0.3 is 19.8 Å². The second-order valence-corrected chi connectivity index (χ2v) is 22.7. The lowest BCUT2D eigenvalue weighted by Crippen LogP contribution is -2.29. The Hall–Kier alpha value is -3.59. The molecule has 0 rings (SSSR count). The van der Waals surface area contributed by atoms with Crippen molar-refractivity contribution in [3.05, 3.63) is 122 Å². The van der Waals surface area contributed by atoms with Gasteiger partial charge in [-0.05, 0) is 89.9 Å². The largest absolute Gasteiger partial charge is 0.472 e. The molecule has 0 aliphatic rings. The first kappa shape index (κ1) is 76.4. The second kappa shape index (κ2) is 64.6. The topological polar surface area (TPSA) is 134 Å². The predicted octanol–water partition coefficient (Wildman–Crippen LogP) is 21.1. The molecule has 9 nitrogen and oxygen atoms in total. The first-order valence-electron chi connectivity index (χ1n) is 32.5. The van der Waals surface area contributed by atoms with E-state index >= 15 is 0 Å². The molecule has 3 N–H and O–H groups in total. The molecule has 0 bridgehead atoms. The molecule has 0 heterocycles. The number of phosphoric acid groups is 1. The Kier molecular flexibility index (Phi) is 61.7. The number of ether oxygens (including phenoxy) is 2. The SMILES string of the molecule is CC/C=C\C/C=C\C/C=C\C/C=C\C/C=C\C/C=C\C/C=C\C/C=C\C/C=C\C/C=C\CCCCC(=O)OC(COC(=O)CCCCCCCCCCCCCCCCCCCCCCCCCCCC)COP(=O)(O)OCCN. The zero-order valence-electron chi connectivity index (χ0n) is 51.3. The van der Waals surface area contributed by atoms with E-state index in [2.05, 4.69) is 135 Å². The van der Waals surface area contributed by atoms with E-state index in [1.807, 2.05) is 0 Å². The van der Waals surface area contributed by atoms with E-state index in [1.165, 1.54) is 148 Å². The zero-order valence-corrected chi connectivity index (χ0v) is 52.2. The molecule has 2 unspecified atom stereocenters. The summed E-state index contributed by atoms with van der Waals surface area (Å²) in [6, 6.07) is 0. The van der Waals surface area contributed by atoms with Crippen molar-refractivity contribution in [3.8, 4) is 0 Å². The third-order valence-electron chi connectivity index (χ3n) is 13.6. The Morgan fingerprint density at radius 2 is 0.688 bits per heavy atom. The number of esters is 2. The number of nitrogens with two attached hydrogens (primary N) is 1. The molecule has 0 saturated carbocycles. The molecule has 458 valence electrons. The maximum absolute atomic E-state index is 12.7. The van der Waals surface area contributed by atoms with E-state index < -0.39 is 32.5 Å². The third-order valence-corrected chi connectivity index (χ3v) is 14.6. The van der Waals surface area contributed by atoms with Crippen LogP contribution < -0.4 is 5.73 Å². The molecule has 0 aliphatic heterocycles. The molecule has 0 aromatic carbocycles. The van der Waals surface area contributed by atoms with Crippen molar-refractivity contribution in [2.24, 2.45) is 5.73 Å². The lowest BCUT2D eigenvalue weighted by Gasteiger charge is -2.19. The molecule has 0 aliphatic carbocycles. The van der Waals surface area contributed by atoms with Crippen molar-refractivity contribution in [2.45, 2.75) is 283 Å². The first-order valence-corrected chi connectivity index (χ1v) is 34.0. The minimum absolute atomic E-state index is 0.0410. The van der Waals surface area contributed by atoms with Crippen LogP contribution in [-0.2, 0) is 32.7 Å². The molecule has 10 heteroatoms. The Bertz CT molecular complexity index is 1720. The van der Waals surface area contributed by atoms with Gasteiger partial charge in [0.2, 0.25) is 0 Å². The third kappa shape index (κ3) is 63.6. The molecular weight excluding hydrogens is 1010 g/mol. The van der Waals surface area contributed by atoms with Gasteiger partial charge < -0.3 is 20.1 Å². The van der Waals surface area contributed by atoms with Gasteiger partial charge in [0.05, 0.1) is 13.2 Å². The molecular formula is C70H120NO8P. The van der Waals surface area contributed by atoms with E-state index in [9.17, 15) is 19.0 Å². The average molecular weight is 1130 g/mol. The van der Waals surface area contributed by atoms with Gasteiger partial charge in [-0.1, -0.05) is 296 Å². The predicted molar refractivity (Wildman–Crippen MR) is 344 cm³/mol. The summed E-state index contributed by atoms with van der Waals surface area (Å²) in [5.41, 5.74) is 5.39. The number of rotatable bonds is 60. The van der Waals surface area contributed by atoms with Crippen molar-refractivity contribution < 1.29 is 37.6 Å². The summed E-state index contributed by atoms with van der Waals surface area (Å²) in [6.07, 6.45) is 89.9. The van der Waals surface area contributed by atoms with Crippen LogP contribution in [0.25, 0.3) is 0 Å². The maximum Gasteiger partial charge on any atom is 0.472 e. The van der Waals surface area contributed by atoms with E-state index in [1.54, 1.807) is 0 Å². The Morgan fingerprint density at radius 3 is 1.02 bits per heavy atom. The lowest BCUT2D eigenvalue weighted by atomic mass is 10.0. The van der Waals surface area contributed by atoms with Crippen LogP contribution in [-0.4, -0.2) is 49.3 Å². The fraction of sp³-hybridized carbons (Fsp3) is 0.686. The van der Waals surface area contributed by atoms with Crippen molar-refractivity contribution in [2.75, 3.05) is 26.4 Å². The zero-order chi connectivity index (χ0) is 58.0. The maximum atomic E-state index is 12.7. The van der Waals surface area contributed by atoms with Crippen molar-refractivity contribution >= 4 is 19.8 Å². The number of unbranched alkanes of at least 4 members (excludes halogenated alkanes) is 27. The van der Waals surface area contributed by atoms with Crippen LogP contribution in [0.1, 0.15) is 277 Å². The molecule has 0 amide bonds. The molecule has 0 saturated heterocycles. The van der Waals surface area contributed by atoms with E-state index in [0.29, 0.717) is 6.42 Å². The summed E-state index contributed by atoms with van der Waals surface area (Å²) in [5, 5.41) is 0. The molecule has 0 fully saturated rings. The van der Waals surface area contributed by atoms with Gasteiger partial charge in [0, 0.05) is 19.4 Å². The average Bonchev–Trinajstić information content (AvgIpc) is 3.45. The molecule has 2 atom stereocenters. The lowest BCUT2D eigenvalue weighted by molar-refractivity contribution is -0.161. The summed E-state index contributed by atoms with van der Waals surface area (Å²) in [4.78, 5) is 35.3. The standard InChI is InChI=1S/C70H120NO8P/c1-3-5-7-9-11-13-15-17-19-21-23-25-27-29-31-32-33-34-35-36-37-39-41-43-45-47-49-51-53-55-57-59-61-63-70(73)79-68(67-78-80(74,75)77-65-64-71)66-76-69(72)62-60-58-56-54-52-50-48-46-44-42-40-38-30-28-26-24-22-20-18-16-14-12-10-8-6-4-2/h5,7,11,13,17,19,23,25,29,31,33-34,36-37,41,43,47,49,53,55,68H,3-4,6,8-10,12,14-16,18,20-22,24,26-28,30,32,35,38-40,42,44-46,48,50-52,54,56-67,71H2,1-2H3,(H,74,75)/b7-5-,13-11-,19-17-,25-23-,31-29-,34-33-,37-36-,43-41-,49-47-,55-53-. The fourth-order valence-electron chi connectivity index (χ4n) is 8.84. The second-order valence-electron chi connectivity index (χ2n) is 21.3. The van der Waals surface area contributed by atoms with Crippen LogP contribution in [0.3, 0.4) is 0 Å². The van der Waals surface area contributed by atoms with Gasteiger partial charge in [0.1, 0.15) is 6.61 Å². The van der Waals surface area contributed by atoms with Crippen molar-refractivity contribution in [1.82, 2.24) is 0 Å². The Morgan fingerprint density at radius 1 is 0.388 bits per heavy atom. The van der Waals surface area contributed by atoms with Crippen LogP contribution in [0.4, 0.5) is 0 Å². The fourth-order valence-corrected chi connectivity index (χ4v) is 9.61. The minimum atomic E-state index is -4.41. The molecule has 0 aromatic heterocycles. The van der Waals surface area contributed by atoms with Crippen LogP contribution in [0, 0.1) is 0 Å². The number of carbonyl (C=O) groups excluding carboxylic acids is 2. The van der Waals surface area contributed by atoms with Gasteiger partial charge in [0.15, 0.2) is 6.10 Å². The quantitative estimate of drug-likeness (QED) is 0.0264. The summed E-state index contributed by atoms with van der Waals surface area (Å²) in [7, 11) is -4.41. The van der Waals surface area contributed by atoms with Crippen molar-refractivity contribution in [1.29, 1.82) is 0 Å². The highest BCUT2D eigenvalue weighted by molar-refractivity contribution is 7.47.